The Balaban J connectivity index is 2.30. The Morgan fingerprint density at radius 2 is 1.75 bits per heavy atom. The van der Waals surface area contributed by atoms with Crippen LogP contribution in [0.4, 0.5) is 15.8 Å². The van der Waals surface area contributed by atoms with E-state index < -0.39 is 5.82 Å². The Labute approximate surface area is 116 Å². The average molecular weight is 272 g/mol. The molecule has 0 saturated carbocycles. The number of nitrogens with zero attached hydrogens (tertiary/aromatic N) is 1. The Kier molecular flexibility index (Phi) is 4.06. The highest BCUT2D eigenvalue weighted by molar-refractivity contribution is 5.64. The van der Waals surface area contributed by atoms with Crippen molar-refractivity contribution in [2.75, 3.05) is 19.5 Å². The summed E-state index contributed by atoms with van der Waals surface area (Å²) in [4.78, 5) is 0. The number of rotatable bonds is 4. The Morgan fingerprint density at radius 3 is 2.40 bits per heavy atom. The number of hydrogen-bond acceptors (Lipinski definition) is 4. The molecule has 20 heavy (non-hydrogen) atoms. The molecule has 2 aromatic rings. The smallest absolute Gasteiger partial charge is 0.162 e. The van der Waals surface area contributed by atoms with Crippen LogP contribution in [-0.2, 0) is 0 Å². The summed E-state index contributed by atoms with van der Waals surface area (Å²) in [5.74, 6) is 0.705. The number of nitriles is 1. The average Bonchev–Trinajstić information content (AvgIpc) is 2.46. The van der Waals surface area contributed by atoms with Crippen LogP contribution >= 0.6 is 0 Å². The van der Waals surface area contributed by atoms with Gasteiger partial charge in [-0.2, -0.15) is 5.26 Å². The summed E-state index contributed by atoms with van der Waals surface area (Å²) >= 11 is 0. The molecule has 0 bridgehead atoms. The van der Waals surface area contributed by atoms with Gasteiger partial charge in [-0.15, -0.1) is 0 Å². The summed E-state index contributed by atoms with van der Waals surface area (Å²) in [5, 5.41) is 11.8. The third-order valence-corrected chi connectivity index (χ3v) is 2.70. The van der Waals surface area contributed by atoms with Crippen molar-refractivity contribution in [3.05, 3.63) is 47.8 Å². The molecular weight excluding hydrogens is 259 g/mol. The molecule has 5 heteroatoms. The van der Waals surface area contributed by atoms with E-state index in [2.05, 4.69) is 5.32 Å². The Morgan fingerprint density at radius 1 is 1.00 bits per heavy atom. The summed E-state index contributed by atoms with van der Waals surface area (Å²) in [5.41, 5.74) is 1.46. The monoisotopic (exact) mass is 272 g/mol. The van der Waals surface area contributed by atoms with Gasteiger partial charge in [0.2, 0.25) is 0 Å². The zero-order valence-corrected chi connectivity index (χ0v) is 11.1. The van der Waals surface area contributed by atoms with Crippen molar-refractivity contribution in [1.82, 2.24) is 0 Å². The van der Waals surface area contributed by atoms with E-state index in [1.54, 1.807) is 31.4 Å². The van der Waals surface area contributed by atoms with E-state index in [0.717, 1.165) is 0 Å². The molecular formula is C15H13FN2O2. The second kappa shape index (κ2) is 5.93. The molecule has 0 aliphatic heterocycles. The van der Waals surface area contributed by atoms with Crippen molar-refractivity contribution in [1.29, 1.82) is 5.26 Å². The van der Waals surface area contributed by atoms with Crippen LogP contribution in [0.5, 0.6) is 11.5 Å². The van der Waals surface area contributed by atoms with Crippen LogP contribution in [-0.4, -0.2) is 14.2 Å². The lowest BCUT2D eigenvalue weighted by molar-refractivity contribution is 0.355. The van der Waals surface area contributed by atoms with Crippen molar-refractivity contribution in [2.45, 2.75) is 0 Å². The fourth-order valence-electron chi connectivity index (χ4n) is 1.81. The molecule has 2 rings (SSSR count). The summed E-state index contributed by atoms with van der Waals surface area (Å²) in [7, 11) is 3.09. The lowest BCUT2D eigenvalue weighted by atomic mass is 10.2. The molecule has 0 unspecified atom stereocenters. The predicted molar refractivity (Wildman–Crippen MR) is 73.9 cm³/mol. The second-order valence-electron chi connectivity index (χ2n) is 4.04. The molecule has 102 valence electrons. The second-order valence-corrected chi connectivity index (χ2v) is 4.04. The van der Waals surface area contributed by atoms with E-state index >= 15 is 0 Å². The predicted octanol–water partition coefficient (Wildman–Crippen LogP) is 3.46. The molecule has 0 aromatic heterocycles. The van der Waals surface area contributed by atoms with Crippen molar-refractivity contribution in [3.8, 4) is 17.6 Å². The van der Waals surface area contributed by atoms with Gasteiger partial charge in [-0.3, -0.25) is 0 Å². The van der Waals surface area contributed by atoms with E-state index in [1.165, 1.54) is 19.2 Å². The maximum atomic E-state index is 13.3. The SMILES string of the molecule is COc1ccc(Nc2cc(F)cc(C#N)c2)cc1OC. The molecule has 0 fully saturated rings. The fourth-order valence-corrected chi connectivity index (χ4v) is 1.81. The maximum Gasteiger partial charge on any atom is 0.162 e. The van der Waals surface area contributed by atoms with Crippen molar-refractivity contribution in [2.24, 2.45) is 0 Å². The molecule has 4 nitrogen and oxygen atoms in total. The molecule has 2 aromatic carbocycles. The van der Waals surface area contributed by atoms with Gasteiger partial charge < -0.3 is 14.8 Å². The highest BCUT2D eigenvalue weighted by Crippen LogP contribution is 2.31. The van der Waals surface area contributed by atoms with Crippen LogP contribution in [0.15, 0.2) is 36.4 Å². The molecule has 0 radical (unpaired) electrons. The molecule has 0 spiro atoms. The van der Waals surface area contributed by atoms with Gasteiger partial charge in [-0.1, -0.05) is 0 Å². The summed E-state index contributed by atoms with van der Waals surface area (Å²) in [6, 6.07) is 11.2. The number of ether oxygens (including phenoxy) is 2. The first-order chi connectivity index (χ1) is 9.66. The minimum absolute atomic E-state index is 0.257. The van der Waals surface area contributed by atoms with E-state index in [9.17, 15) is 4.39 Å². The third kappa shape index (κ3) is 2.98. The van der Waals surface area contributed by atoms with Gasteiger partial charge >= 0.3 is 0 Å². The highest BCUT2D eigenvalue weighted by Gasteiger charge is 2.06. The van der Waals surface area contributed by atoms with E-state index in [0.29, 0.717) is 22.9 Å². The van der Waals surface area contributed by atoms with Gasteiger partial charge in [-0.05, 0) is 30.3 Å². The van der Waals surface area contributed by atoms with Crippen LogP contribution in [0.25, 0.3) is 0 Å². The van der Waals surface area contributed by atoms with E-state index in [4.69, 9.17) is 14.7 Å². The van der Waals surface area contributed by atoms with Crippen LogP contribution in [0.1, 0.15) is 5.56 Å². The van der Waals surface area contributed by atoms with Crippen molar-refractivity contribution >= 4 is 11.4 Å². The first kappa shape index (κ1) is 13.7. The van der Waals surface area contributed by atoms with E-state index in [-0.39, 0.29) is 5.56 Å². The minimum Gasteiger partial charge on any atom is -0.493 e. The first-order valence-corrected chi connectivity index (χ1v) is 5.86. The summed E-state index contributed by atoms with van der Waals surface area (Å²) < 4.78 is 23.7. The van der Waals surface area contributed by atoms with E-state index in [1.807, 2.05) is 6.07 Å². The van der Waals surface area contributed by atoms with Crippen LogP contribution in [0, 0.1) is 17.1 Å². The normalized spacial score (nSPS) is 9.70. The molecule has 0 atom stereocenters. The zero-order chi connectivity index (χ0) is 14.5. The van der Waals surface area contributed by atoms with Crippen molar-refractivity contribution < 1.29 is 13.9 Å². The highest BCUT2D eigenvalue weighted by atomic mass is 19.1. The maximum absolute atomic E-state index is 13.3. The van der Waals surface area contributed by atoms with Crippen LogP contribution in [0.2, 0.25) is 0 Å². The number of nitrogens with one attached hydrogen (secondary N) is 1. The van der Waals surface area contributed by atoms with Gasteiger partial charge in [0.15, 0.2) is 11.5 Å². The number of halogens is 1. The lowest BCUT2D eigenvalue weighted by Crippen LogP contribution is -1.95. The zero-order valence-electron chi connectivity index (χ0n) is 11.1. The molecule has 0 aliphatic carbocycles. The molecule has 0 heterocycles. The number of anilines is 2. The lowest BCUT2D eigenvalue weighted by Gasteiger charge is -2.11. The number of methoxy groups -OCH3 is 2. The molecule has 0 aliphatic rings. The standard InChI is InChI=1S/C15H13FN2O2/c1-19-14-4-3-12(8-15(14)20-2)18-13-6-10(9-17)5-11(16)7-13/h3-8,18H,1-2H3. The van der Waals surface area contributed by atoms with Gasteiger partial charge in [0.1, 0.15) is 5.82 Å². The molecule has 0 saturated heterocycles. The van der Waals surface area contributed by atoms with Crippen LogP contribution < -0.4 is 14.8 Å². The number of hydrogen-bond donors (Lipinski definition) is 1. The van der Waals surface area contributed by atoms with Crippen molar-refractivity contribution in [3.63, 3.8) is 0 Å². The third-order valence-electron chi connectivity index (χ3n) is 2.70. The van der Waals surface area contributed by atoms with Gasteiger partial charge in [0.05, 0.1) is 25.9 Å². The Hall–Kier alpha value is -2.74. The quantitative estimate of drug-likeness (QED) is 0.926. The van der Waals surface area contributed by atoms with Crippen LogP contribution in [0.3, 0.4) is 0 Å². The molecule has 1 N–H and O–H groups in total. The summed E-state index contributed by atoms with van der Waals surface area (Å²) in [6.45, 7) is 0. The minimum atomic E-state index is -0.466. The van der Waals surface area contributed by atoms with Gasteiger partial charge in [0.25, 0.3) is 0 Å². The molecule has 0 amide bonds. The fraction of sp³-hybridized carbons (Fsp3) is 0.133. The summed E-state index contributed by atoms with van der Waals surface area (Å²) in [6.07, 6.45) is 0. The Bertz CT molecular complexity index is 665. The largest absolute Gasteiger partial charge is 0.493 e. The van der Waals surface area contributed by atoms with Gasteiger partial charge in [-0.25, -0.2) is 4.39 Å². The number of benzene rings is 2. The first-order valence-electron chi connectivity index (χ1n) is 5.86. The topological polar surface area (TPSA) is 54.3 Å². The van der Waals surface area contributed by atoms with Gasteiger partial charge in [0, 0.05) is 17.4 Å².